The molecule has 0 bridgehead atoms. The number of hydrogen-bond acceptors (Lipinski definition) is 4. The second-order valence-corrected chi connectivity index (χ2v) is 6.18. The Morgan fingerprint density at radius 2 is 2.00 bits per heavy atom. The highest BCUT2D eigenvalue weighted by atomic mass is 35.5. The van der Waals surface area contributed by atoms with Crippen LogP contribution in [0, 0.1) is 6.92 Å². The van der Waals surface area contributed by atoms with Crippen molar-refractivity contribution in [2.75, 3.05) is 0 Å². The number of nitrogens with one attached hydrogen (secondary N) is 2. The zero-order valence-corrected chi connectivity index (χ0v) is 14.4. The van der Waals surface area contributed by atoms with Crippen molar-refractivity contribution in [2.24, 2.45) is 4.99 Å². The van der Waals surface area contributed by atoms with Crippen molar-refractivity contribution >= 4 is 34.5 Å². The Labute approximate surface area is 152 Å². The number of fused-ring (bicyclic) bond motifs is 1. The van der Waals surface area contributed by atoms with Gasteiger partial charge < -0.3 is 10.1 Å². The number of aryl methyl sites for hydroxylation is 1. The van der Waals surface area contributed by atoms with E-state index in [0.29, 0.717) is 22.1 Å². The molecule has 3 N–H and O–H groups in total. The number of nitrogens with zero attached hydrogens (tertiary/aromatic N) is 3. The number of benzene rings is 1. The zero-order chi connectivity index (χ0) is 18.3. The summed E-state index contributed by atoms with van der Waals surface area (Å²) in [5, 5.41) is 13.9. The molecule has 26 heavy (non-hydrogen) atoms. The van der Waals surface area contributed by atoms with E-state index in [1.54, 1.807) is 23.0 Å². The van der Waals surface area contributed by atoms with Crippen LogP contribution in [-0.2, 0) is 0 Å². The number of aromatic hydroxyl groups is 1. The molecule has 130 valence electrons. The Morgan fingerprint density at radius 3 is 2.69 bits per heavy atom. The average molecular weight is 368 g/mol. The molecule has 0 unspecified atom stereocenters. The summed E-state index contributed by atoms with van der Waals surface area (Å²) in [5.74, 6) is -0.0179. The molecule has 7 nitrogen and oxygen atoms in total. The molecule has 3 heterocycles. The second kappa shape index (κ2) is 6.20. The molecule has 0 aliphatic heterocycles. The Hall–Kier alpha value is -3.32. The Balaban J connectivity index is 1.64. The molecular weight excluding hydrogens is 354 g/mol. The summed E-state index contributed by atoms with van der Waals surface area (Å²) in [5.41, 5.74) is 3.25. The Bertz CT molecular complexity index is 1180. The number of aromatic nitrogens is 4. The van der Waals surface area contributed by atoms with Crippen molar-refractivity contribution < 1.29 is 5.11 Å². The number of pyridine rings is 1. The highest BCUT2D eigenvalue weighted by Gasteiger charge is 2.10. The summed E-state index contributed by atoms with van der Waals surface area (Å²) >= 11 is 5.86. The predicted octanol–water partition coefficient (Wildman–Crippen LogP) is 3.46. The molecule has 3 aromatic heterocycles. The van der Waals surface area contributed by atoms with Crippen LogP contribution in [0.5, 0.6) is 5.88 Å². The van der Waals surface area contributed by atoms with E-state index in [2.05, 4.69) is 20.1 Å². The minimum Gasteiger partial charge on any atom is -0.494 e. The van der Waals surface area contributed by atoms with E-state index >= 15 is 0 Å². The van der Waals surface area contributed by atoms with Gasteiger partial charge in [0.15, 0.2) is 5.88 Å². The Kier molecular flexibility index (Phi) is 3.85. The summed E-state index contributed by atoms with van der Waals surface area (Å²) in [7, 11) is 0. The molecular formula is C18H14ClN5O2. The van der Waals surface area contributed by atoms with Gasteiger partial charge in [0.25, 0.3) is 5.56 Å². The molecule has 0 aliphatic rings. The molecule has 0 radical (unpaired) electrons. The Morgan fingerprint density at radius 1 is 1.23 bits per heavy atom. The highest BCUT2D eigenvalue weighted by molar-refractivity contribution is 6.29. The lowest BCUT2D eigenvalue weighted by atomic mass is 10.2. The SMILES string of the molecule is Cc1cc(=O)[nH]n1-c1ccc(N=Cc2c(O)[nH]c3nc(Cl)ccc23)cc1. The van der Waals surface area contributed by atoms with E-state index in [1.807, 2.05) is 31.2 Å². The quantitative estimate of drug-likeness (QED) is 0.382. The number of aromatic amines is 2. The fourth-order valence-electron chi connectivity index (χ4n) is 2.77. The molecule has 4 rings (SSSR count). The number of rotatable bonds is 3. The minimum absolute atomic E-state index is 0.0179. The lowest BCUT2D eigenvalue weighted by molar-refractivity contribution is 0.457. The number of halogens is 1. The van der Waals surface area contributed by atoms with Gasteiger partial charge in [0.1, 0.15) is 10.8 Å². The topological polar surface area (TPSA) is 99.1 Å². The molecule has 0 saturated carbocycles. The summed E-state index contributed by atoms with van der Waals surface area (Å²) in [6.45, 7) is 1.85. The van der Waals surface area contributed by atoms with Crippen LogP contribution in [0.4, 0.5) is 5.69 Å². The van der Waals surface area contributed by atoms with Crippen molar-refractivity contribution in [3.05, 3.63) is 69.2 Å². The van der Waals surface area contributed by atoms with Crippen molar-refractivity contribution in [3.63, 3.8) is 0 Å². The molecule has 0 fully saturated rings. The first-order valence-corrected chi connectivity index (χ1v) is 8.19. The molecule has 8 heteroatoms. The fourth-order valence-corrected chi connectivity index (χ4v) is 2.91. The van der Waals surface area contributed by atoms with E-state index in [4.69, 9.17) is 11.6 Å². The first-order valence-electron chi connectivity index (χ1n) is 7.81. The van der Waals surface area contributed by atoms with E-state index in [0.717, 1.165) is 16.8 Å². The molecule has 1 aromatic carbocycles. The van der Waals surface area contributed by atoms with Crippen LogP contribution in [0.1, 0.15) is 11.3 Å². The smallest absolute Gasteiger partial charge is 0.264 e. The van der Waals surface area contributed by atoms with Gasteiger partial charge in [0.05, 0.1) is 16.9 Å². The standard InChI is InChI=1S/C18H14ClN5O2/c1-10-8-16(25)23-24(10)12-4-2-11(3-5-12)20-9-14-13-6-7-15(19)21-17(13)22-18(14)26/h2-9,26H,1H3,(H,21,22)(H,23,25). The molecule has 0 atom stereocenters. The first kappa shape index (κ1) is 16.2. The second-order valence-electron chi connectivity index (χ2n) is 5.79. The minimum atomic E-state index is -0.145. The third kappa shape index (κ3) is 2.89. The summed E-state index contributed by atoms with van der Waals surface area (Å²) < 4.78 is 1.71. The summed E-state index contributed by atoms with van der Waals surface area (Å²) in [6, 6.07) is 12.3. The number of H-pyrrole nitrogens is 2. The maximum absolute atomic E-state index is 11.4. The van der Waals surface area contributed by atoms with Gasteiger partial charge in [-0.15, -0.1) is 0 Å². The van der Waals surface area contributed by atoms with Crippen molar-refractivity contribution in [3.8, 4) is 11.6 Å². The average Bonchev–Trinajstić information content (AvgIpc) is 3.11. The molecule has 4 aromatic rings. The highest BCUT2D eigenvalue weighted by Crippen LogP contribution is 2.26. The molecule has 0 aliphatic carbocycles. The van der Waals surface area contributed by atoms with E-state index < -0.39 is 0 Å². The van der Waals surface area contributed by atoms with Gasteiger partial charge in [-0.2, -0.15) is 0 Å². The van der Waals surface area contributed by atoms with Crippen molar-refractivity contribution in [1.29, 1.82) is 0 Å². The first-order chi connectivity index (χ1) is 12.5. The maximum atomic E-state index is 11.4. The molecule has 0 spiro atoms. The number of hydrogen-bond donors (Lipinski definition) is 3. The van der Waals surface area contributed by atoms with Gasteiger partial charge >= 0.3 is 0 Å². The van der Waals surface area contributed by atoms with Gasteiger partial charge in [0, 0.05) is 23.4 Å². The third-order valence-electron chi connectivity index (χ3n) is 4.01. The van der Waals surface area contributed by atoms with Crippen LogP contribution < -0.4 is 5.56 Å². The normalized spacial score (nSPS) is 11.6. The van der Waals surface area contributed by atoms with Crippen molar-refractivity contribution in [1.82, 2.24) is 19.7 Å². The van der Waals surface area contributed by atoms with Gasteiger partial charge in [-0.3, -0.25) is 19.6 Å². The van der Waals surface area contributed by atoms with Crippen LogP contribution in [0.15, 0.2) is 52.3 Å². The number of aliphatic imine (C=N–C) groups is 1. The van der Waals surface area contributed by atoms with Crippen LogP contribution in [0.25, 0.3) is 16.7 Å². The van der Waals surface area contributed by atoms with Crippen LogP contribution in [0.2, 0.25) is 5.15 Å². The van der Waals surface area contributed by atoms with Crippen LogP contribution in [-0.4, -0.2) is 31.1 Å². The van der Waals surface area contributed by atoms with Gasteiger partial charge in [-0.25, -0.2) is 4.98 Å². The lowest BCUT2D eigenvalue weighted by Gasteiger charge is -2.05. The summed E-state index contributed by atoms with van der Waals surface area (Å²) in [6.07, 6.45) is 1.57. The van der Waals surface area contributed by atoms with Crippen LogP contribution in [0.3, 0.4) is 0 Å². The van der Waals surface area contributed by atoms with Gasteiger partial charge in [0.2, 0.25) is 0 Å². The van der Waals surface area contributed by atoms with Gasteiger partial charge in [-0.1, -0.05) is 11.6 Å². The monoisotopic (exact) mass is 367 g/mol. The van der Waals surface area contributed by atoms with Crippen LogP contribution >= 0.6 is 11.6 Å². The van der Waals surface area contributed by atoms with Crippen molar-refractivity contribution in [2.45, 2.75) is 6.92 Å². The predicted molar refractivity (Wildman–Crippen MR) is 101 cm³/mol. The molecule has 0 amide bonds. The largest absolute Gasteiger partial charge is 0.494 e. The third-order valence-corrected chi connectivity index (χ3v) is 4.22. The molecule has 0 saturated heterocycles. The lowest BCUT2D eigenvalue weighted by Crippen LogP contribution is -2.03. The van der Waals surface area contributed by atoms with E-state index in [-0.39, 0.29) is 11.4 Å². The zero-order valence-electron chi connectivity index (χ0n) is 13.7. The van der Waals surface area contributed by atoms with E-state index in [9.17, 15) is 9.90 Å². The van der Waals surface area contributed by atoms with Gasteiger partial charge in [-0.05, 0) is 43.3 Å². The summed E-state index contributed by atoms with van der Waals surface area (Å²) in [4.78, 5) is 22.7. The van der Waals surface area contributed by atoms with E-state index in [1.165, 1.54) is 6.07 Å². The fraction of sp³-hybridized carbons (Fsp3) is 0.0556. The maximum Gasteiger partial charge on any atom is 0.264 e.